The van der Waals surface area contributed by atoms with E-state index in [4.69, 9.17) is 19.7 Å². The molecular weight excluding hydrogens is 652 g/mol. The molecular formula is C31H39FN6O5S3. The lowest BCUT2D eigenvalue weighted by molar-refractivity contribution is 0.0216. The Morgan fingerprint density at radius 1 is 1.11 bits per heavy atom. The van der Waals surface area contributed by atoms with Gasteiger partial charge in [-0.3, -0.25) is 4.98 Å². The lowest BCUT2D eigenvalue weighted by Crippen LogP contribution is -2.36. The van der Waals surface area contributed by atoms with E-state index >= 15 is 0 Å². The van der Waals surface area contributed by atoms with E-state index in [1.165, 1.54) is 30.6 Å². The Hall–Kier alpha value is -3.11. The molecule has 4 aromatic rings. The molecule has 0 amide bonds. The van der Waals surface area contributed by atoms with Gasteiger partial charge < -0.3 is 25.6 Å². The van der Waals surface area contributed by atoms with Gasteiger partial charge >= 0.3 is 0 Å². The summed E-state index contributed by atoms with van der Waals surface area (Å²) in [5, 5.41) is 29.3. The number of fused-ring (bicyclic) bond motifs is 1. The first kappa shape index (κ1) is 34.2. The van der Waals surface area contributed by atoms with Crippen molar-refractivity contribution >= 4 is 54.9 Å². The maximum Gasteiger partial charge on any atom is 0.224 e. The fourth-order valence-corrected chi connectivity index (χ4v) is 9.02. The Balaban J connectivity index is 1.43. The summed E-state index contributed by atoms with van der Waals surface area (Å²) in [6.45, 7) is 10.8. The van der Waals surface area contributed by atoms with Crippen LogP contribution in [0.5, 0.6) is 5.75 Å². The molecule has 4 N–H and O–H groups in total. The highest BCUT2D eigenvalue weighted by atomic mass is 32.2. The topological polar surface area (TPSA) is 159 Å². The van der Waals surface area contributed by atoms with Gasteiger partial charge in [-0.2, -0.15) is 16.7 Å². The molecule has 11 nitrogen and oxygen atoms in total. The van der Waals surface area contributed by atoms with Crippen molar-refractivity contribution in [1.29, 1.82) is 0 Å². The minimum Gasteiger partial charge on any atom is -0.494 e. The monoisotopic (exact) mass is 690 g/mol. The van der Waals surface area contributed by atoms with Gasteiger partial charge in [0.1, 0.15) is 22.4 Å². The van der Waals surface area contributed by atoms with Crippen LogP contribution >= 0.6 is 23.1 Å². The van der Waals surface area contributed by atoms with Crippen molar-refractivity contribution < 1.29 is 27.8 Å². The number of hydrogen-bond acceptors (Lipinski definition) is 13. The molecule has 5 rings (SSSR count). The minimum absolute atomic E-state index is 0.0724. The number of aryl methyl sites for hydroxylation is 2. The maximum absolute atomic E-state index is 14.3. The summed E-state index contributed by atoms with van der Waals surface area (Å²) in [4.78, 5) is 18.5. The number of hydrogen-bond donors (Lipinski definition) is 4. The Morgan fingerprint density at radius 2 is 1.87 bits per heavy atom. The Morgan fingerprint density at radius 3 is 2.54 bits per heavy atom. The minimum atomic E-state index is -4.00. The maximum atomic E-state index is 14.3. The predicted octanol–water partition coefficient (Wildman–Crippen LogP) is 4.85. The number of pyridine rings is 1. The Bertz CT molecular complexity index is 1830. The molecule has 4 atom stereocenters. The third kappa shape index (κ3) is 7.54. The average Bonchev–Trinajstić information content (AvgIpc) is 3.52. The SMILES string of the molecule is COc1ccc(S(=O)(=O)C[C@H]2C[C@@H](Nc3nc(NCCSC(C)(C)C)nc(C)c3-c3nc4c(C)nccc4s3)[C@H](O)[C@@H]2O)cc1F. The molecule has 248 valence electrons. The number of sulfone groups is 1. The van der Waals surface area contributed by atoms with Gasteiger partial charge in [0.25, 0.3) is 0 Å². The van der Waals surface area contributed by atoms with Crippen molar-refractivity contribution in [3.8, 4) is 16.3 Å². The van der Waals surface area contributed by atoms with E-state index in [1.54, 1.807) is 6.20 Å². The molecule has 1 saturated carbocycles. The highest BCUT2D eigenvalue weighted by Crippen LogP contribution is 2.39. The van der Waals surface area contributed by atoms with Crippen LogP contribution < -0.4 is 15.4 Å². The first-order valence-corrected chi connectivity index (χ1v) is 18.3. The molecule has 0 aliphatic heterocycles. The molecule has 0 saturated heterocycles. The number of thioether (sulfide) groups is 1. The summed E-state index contributed by atoms with van der Waals surface area (Å²) in [7, 11) is -2.70. The number of ether oxygens (including phenoxy) is 1. The van der Waals surface area contributed by atoms with Gasteiger partial charge in [0.2, 0.25) is 5.95 Å². The van der Waals surface area contributed by atoms with Crippen molar-refractivity contribution in [2.24, 2.45) is 5.92 Å². The van der Waals surface area contributed by atoms with E-state index < -0.39 is 45.6 Å². The number of methoxy groups -OCH3 is 1. The summed E-state index contributed by atoms with van der Waals surface area (Å²) in [6, 6.07) is 4.58. The number of anilines is 2. The second-order valence-corrected chi connectivity index (χ2v) is 17.3. The molecule has 0 radical (unpaired) electrons. The first-order chi connectivity index (χ1) is 21.7. The van der Waals surface area contributed by atoms with Gasteiger partial charge in [0.15, 0.2) is 21.4 Å². The van der Waals surface area contributed by atoms with Gasteiger partial charge in [-0.1, -0.05) is 20.8 Å². The fraction of sp³-hybridized carbons (Fsp3) is 0.484. The summed E-state index contributed by atoms with van der Waals surface area (Å²) >= 11 is 3.28. The van der Waals surface area contributed by atoms with E-state index in [-0.39, 0.29) is 21.8 Å². The van der Waals surface area contributed by atoms with Crippen molar-refractivity contribution in [2.75, 3.05) is 35.8 Å². The van der Waals surface area contributed by atoms with Gasteiger partial charge in [-0.15, -0.1) is 11.3 Å². The van der Waals surface area contributed by atoms with Gasteiger partial charge in [-0.25, -0.2) is 22.8 Å². The smallest absolute Gasteiger partial charge is 0.224 e. The van der Waals surface area contributed by atoms with E-state index in [0.717, 1.165) is 27.7 Å². The first-order valence-electron chi connectivity index (χ1n) is 14.8. The lowest BCUT2D eigenvalue weighted by Gasteiger charge is -2.21. The summed E-state index contributed by atoms with van der Waals surface area (Å²) in [5.74, 6) is -0.542. The molecule has 0 spiro atoms. The van der Waals surface area contributed by atoms with Crippen molar-refractivity contribution in [3.63, 3.8) is 0 Å². The number of nitrogens with zero attached hydrogens (tertiary/aromatic N) is 4. The number of rotatable bonds is 11. The molecule has 1 aromatic carbocycles. The molecule has 46 heavy (non-hydrogen) atoms. The molecule has 15 heteroatoms. The molecule has 0 unspecified atom stereocenters. The molecule has 0 bridgehead atoms. The standard InChI is InChI=1S/C31H39FN6O5S3/c1-16-24(29-37-25-17(2)33-10-9-23(25)45-29)28(38-30(35-16)34-11-12-44-31(3,4)5)36-21-13-18(26(39)27(21)40)15-46(41,42)19-7-8-22(43-6)20(32)14-19/h7-10,14,18,21,26-27,39-40H,11-13,15H2,1-6H3,(H2,34,35,36,38)/t18-,21-,26-,27+/m1/s1. The van der Waals surface area contributed by atoms with Gasteiger partial charge in [-0.05, 0) is 44.5 Å². The number of thiazole rings is 1. The second-order valence-electron chi connectivity index (χ2n) is 12.3. The van der Waals surface area contributed by atoms with Crippen LogP contribution in [0.1, 0.15) is 38.6 Å². The highest BCUT2D eigenvalue weighted by molar-refractivity contribution is 8.00. The molecule has 3 heterocycles. The normalized spacial score (nSPS) is 20.3. The number of aromatic nitrogens is 4. The molecule has 1 aliphatic rings. The van der Waals surface area contributed by atoms with Gasteiger partial charge in [0.05, 0.1) is 51.6 Å². The quantitative estimate of drug-likeness (QED) is 0.159. The zero-order valence-electron chi connectivity index (χ0n) is 26.5. The van der Waals surface area contributed by atoms with Crippen LogP contribution in [0.15, 0.2) is 35.4 Å². The Kier molecular flexibility index (Phi) is 10.1. The van der Waals surface area contributed by atoms with Crippen LogP contribution in [0, 0.1) is 25.6 Å². The summed E-state index contributed by atoms with van der Waals surface area (Å²) < 4.78 is 46.7. The zero-order valence-corrected chi connectivity index (χ0v) is 29.0. The van der Waals surface area contributed by atoms with E-state index in [2.05, 4.69) is 36.4 Å². The highest BCUT2D eigenvalue weighted by Gasteiger charge is 2.44. The van der Waals surface area contributed by atoms with Crippen molar-refractivity contribution in [1.82, 2.24) is 19.9 Å². The molecule has 1 fully saturated rings. The fourth-order valence-electron chi connectivity index (χ4n) is 5.45. The number of aliphatic hydroxyl groups excluding tert-OH is 2. The third-order valence-corrected chi connectivity index (χ3v) is 11.9. The van der Waals surface area contributed by atoms with E-state index in [9.17, 15) is 23.0 Å². The Labute approximate surface area is 276 Å². The van der Waals surface area contributed by atoms with Crippen LogP contribution in [0.25, 0.3) is 20.8 Å². The lowest BCUT2D eigenvalue weighted by atomic mass is 10.1. The van der Waals surface area contributed by atoms with Crippen LogP contribution in [0.4, 0.5) is 16.2 Å². The summed E-state index contributed by atoms with van der Waals surface area (Å²) in [6.07, 6.45) is -0.784. The number of benzene rings is 1. The number of nitrogens with one attached hydrogen (secondary N) is 2. The van der Waals surface area contributed by atoms with Crippen LogP contribution in [0.3, 0.4) is 0 Å². The van der Waals surface area contributed by atoms with Gasteiger partial charge in [0, 0.05) is 29.2 Å². The number of aliphatic hydroxyl groups is 2. The molecule has 3 aromatic heterocycles. The predicted molar refractivity (Wildman–Crippen MR) is 181 cm³/mol. The second kappa shape index (κ2) is 13.6. The average molecular weight is 691 g/mol. The van der Waals surface area contributed by atoms with Crippen molar-refractivity contribution in [2.45, 2.75) is 68.9 Å². The van der Waals surface area contributed by atoms with E-state index in [0.29, 0.717) is 34.6 Å². The third-order valence-electron chi connectivity index (χ3n) is 7.75. The number of halogens is 1. The molecule has 1 aliphatic carbocycles. The van der Waals surface area contributed by atoms with Crippen LogP contribution in [-0.4, -0.2) is 86.7 Å². The largest absolute Gasteiger partial charge is 0.494 e. The summed E-state index contributed by atoms with van der Waals surface area (Å²) in [5.41, 5.74) is 2.85. The van der Waals surface area contributed by atoms with E-state index in [1.807, 2.05) is 31.7 Å². The van der Waals surface area contributed by atoms with Crippen LogP contribution in [-0.2, 0) is 9.84 Å². The van der Waals surface area contributed by atoms with Crippen LogP contribution in [0.2, 0.25) is 0 Å². The van der Waals surface area contributed by atoms with Crippen molar-refractivity contribution in [3.05, 3.63) is 47.7 Å². The zero-order chi connectivity index (χ0) is 33.4.